The number of halogens is 3. The van der Waals surface area contributed by atoms with Gasteiger partial charge < -0.3 is 4.74 Å². The monoisotopic (exact) mass is 278 g/mol. The van der Waals surface area contributed by atoms with Crippen LogP contribution >= 0.6 is 0 Å². The van der Waals surface area contributed by atoms with Crippen LogP contribution in [0.25, 0.3) is 0 Å². The molecule has 2 rings (SSSR count). The van der Waals surface area contributed by atoms with Crippen LogP contribution in [-0.4, -0.2) is 11.2 Å². The molecule has 0 bridgehead atoms. The summed E-state index contributed by atoms with van der Waals surface area (Å²) in [5.74, 6) is 0.0446. The van der Waals surface area contributed by atoms with Gasteiger partial charge in [0.1, 0.15) is 5.75 Å². The zero-order valence-electron chi connectivity index (χ0n) is 10.1. The number of nitrogens with zero attached hydrogens (tertiary/aromatic N) is 2. The molecule has 0 aliphatic carbocycles. The molecule has 20 heavy (non-hydrogen) atoms. The lowest BCUT2D eigenvalue weighted by atomic mass is 10.1. The minimum absolute atomic E-state index is 0.0307. The van der Waals surface area contributed by atoms with Gasteiger partial charge in [-0.1, -0.05) is 0 Å². The molecule has 0 aliphatic heterocycles. The van der Waals surface area contributed by atoms with Crippen molar-refractivity contribution in [2.24, 2.45) is 0 Å². The van der Waals surface area contributed by atoms with Crippen LogP contribution in [0, 0.1) is 11.3 Å². The van der Waals surface area contributed by atoms with E-state index in [1.165, 1.54) is 48.8 Å². The van der Waals surface area contributed by atoms with Gasteiger partial charge >= 0.3 is 6.18 Å². The maximum atomic E-state index is 13.0. The molecule has 0 amide bonds. The number of nitriles is 1. The average molecular weight is 278 g/mol. The molecule has 0 spiro atoms. The summed E-state index contributed by atoms with van der Waals surface area (Å²) in [4.78, 5) is 3.68. The summed E-state index contributed by atoms with van der Waals surface area (Å²) in [6.45, 7) is 0. The Bertz CT molecular complexity index is 603. The number of pyridine rings is 1. The van der Waals surface area contributed by atoms with Crippen molar-refractivity contribution >= 4 is 0 Å². The van der Waals surface area contributed by atoms with Crippen LogP contribution < -0.4 is 4.74 Å². The summed E-state index contributed by atoms with van der Waals surface area (Å²) in [7, 11) is 0. The first kappa shape index (κ1) is 13.9. The highest BCUT2D eigenvalue weighted by Gasteiger charge is 2.43. The maximum Gasteiger partial charge on any atom is 0.429 e. The van der Waals surface area contributed by atoms with Gasteiger partial charge in [-0.25, -0.2) is 0 Å². The molecule has 2 aromatic rings. The van der Waals surface area contributed by atoms with Crippen LogP contribution in [0.15, 0.2) is 48.8 Å². The molecule has 0 fully saturated rings. The number of alkyl halides is 3. The first-order chi connectivity index (χ1) is 9.50. The van der Waals surface area contributed by atoms with E-state index >= 15 is 0 Å². The van der Waals surface area contributed by atoms with Gasteiger partial charge in [-0.05, 0) is 36.4 Å². The van der Waals surface area contributed by atoms with Gasteiger partial charge in [-0.2, -0.15) is 18.4 Å². The lowest BCUT2D eigenvalue weighted by Crippen LogP contribution is -2.26. The summed E-state index contributed by atoms with van der Waals surface area (Å²) in [6, 6.07) is 9.85. The minimum atomic E-state index is -4.55. The quantitative estimate of drug-likeness (QED) is 0.861. The number of benzene rings is 1. The smallest absolute Gasteiger partial charge is 0.429 e. The number of hydrogen-bond donors (Lipinski definition) is 0. The first-order valence-corrected chi connectivity index (χ1v) is 5.64. The molecule has 0 saturated heterocycles. The third-order valence-electron chi connectivity index (χ3n) is 2.54. The lowest BCUT2D eigenvalue weighted by Gasteiger charge is -2.22. The van der Waals surface area contributed by atoms with Gasteiger partial charge in [0, 0.05) is 18.0 Å². The molecular formula is C14H9F3N2O. The zero-order chi connectivity index (χ0) is 14.6. The molecule has 102 valence electrons. The summed E-state index contributed by atoms with van der Waals surface area (Å²) >= 11 is 0. The van der Waals surface area contributed by atoms with Crippen molar-refractivity contribution in [3.8, 4) is 11.8 Å². The molecule has 0 saturated carbocycles. The second kappa shape index (κ2) is 5.61. The Morgan fingerprint density at radius 1 is 1.05 bits per heavy atom. The van der Waals surface area contributed by atoms with Crippen LogP contribution in [0.4, 0.5) is 13.2 Å². The second-order valence-corrected chi connectivity index (χ2v) is 3.96. The Hall–Kier alpha value is -2.55. The Morgan fingerprint density at radius 3 is 2.15 bits per heavy atom. The fourth-order valence-corrected chi connectivity index (χ4v) is 1.61. The van der Waals surface area contributed by atoms with E-state index in [2.05, 4.69) is 4.98 Å². The van der Waals surface area contributed by atoms with Crippen molar-refractivity contribution in [1.82, 2.24) is 4.98 Å². The van der Waals surface area contributed by atoms with E-state index in [9.17, 15) is 13.2 Å². The fraction of sp³-hybridized carbons (Fsp3) is 0.143. The van der Waals surface area contributed by atoms with Crippen molar-refractivity contribution in [3.05, 3.63) is 59.9 Å². The van der Waals surface area contributed by atoms with Crippen LogP contribution in [0.5, 0.6) is 5.75 Å². The normalized spacial score (nSPS) is 12.5. The molecule has 1 aromatic heterocycles. The topological polar surface area (TPSA) is 45.9 Å². The second-order valence-electron chi connectivity index (χ2n) is 3.96. The summed E-state index contributed by atoms with van der Waals surface area (Å²) in [6.07, 6.45) is -4.07. The molecule has 1 atom stereocenters. The third kappa shape index (κ3) is 3.26. The number of aromatic nitrogens is 1. The molecular weight excluding hydrogens is 269 g/mol. The molecule has 0 radical (unpaired) electrons. The van der Waals surface area contributed by atoms with E-state index in [0.717, 1.165) is 0 Å². The van der Waals surface area contributed by atoms with Crippen molar-refractivity contribution in [2.75, 3.05) is 0 Å². The van der Waals surface area contributed by atoms with Crippen LogP contribution in [-0.2, 0) is 0 Å². The van der Waals surface area contributed by atoms with E-state index in [0.29, 0.717) is 5.56 Å². The predicted molar refractivity (Wildman–Crippen MR) is 64.8 cm³/mol. The van der Waals surface area contributed by atoms with Crippen molar-refractivity contribution in [3.63, 3.8) is 0 Å². The number of ether oxygens (including phenoxy) is 1. The summed E-state index contributed by atoms with van der Waals surface area (Å²) in [5.41, 5.74) is 0.321. The molecule has 3 nitrogen and oxygen atoms in total. The molecule has 0 N–H and O–H groups in total. The van der Waals surface area contributed by atoms with Gasteiger partial charge in [0.2, 0.25) is 6.10 Å². The fourth-order valence-electron chi connectivity index (χ4n) is 1.61. The molecule has 1 aromatic carbocycles. The van der Waals surface area contributed by atoms with Gasteiger partial charge in [-0.3, -0.25) is 4.98 Å². The molecule has 1 unspecified atom stereocenters. The van der Waals surface area contributed by atoms with Gasteiger partial charge in [-0.15, -0.1) is 0 Å². The van der Waals surface area contributed by atoms with Crippen molar-refractivity contribution in [1.29, 1.82) is 5.26 Å². The average Bonchev–Trinajstić information content (AvgIpc) is 2.45. The van der Waals surface area contributed by atoms with E-state index in [-0.39, 0.29) is 11.3 Å². The lowest BCUT2D eigenvalue weighted by molar-refractivity contribution is -0.198. The van der Waals surface area contributed by atoms with Crippen molar-refractivity contribution < 1.29 is 17.9 Å². The Balaban J connectivity index is 2.27. The number of hydrogen-bond acceptors (Lipinski definition) is 3. The predicted octanol–water partition coefficient (Wildman–Crippen LogP) is 3.64. The summed E-state index contributed by atoms with van der Waals surface area (Å²) in [5, 5.41) is 8.64. The van der Waals surface area contributed by atoms with Gasteiger partial charge in [0.25, 0.3) is 0 Å². The van der Waals surface area contributed by atoms with E-state index in [1.54, 1.807) is 0 Å². The van der Waals surface area contributed by atoms with Crippen LogP contribution in [0.1, 0.15) is 17.2 Å². The van der Waals surface area contributed by atoms with Gasteiger partial charge in [0.05, 0.1) is 11.6 Å². The Morgan fingerprint density at radius 2 is 1.65 bits per heavy atom. The third-order valence-corrected chi connectivity index (χ3v) is 2.54. The first-order valence-electron chi connectivity index (χ1n) is 5.64. The zero-order valence-corrected chi connectivity index (χ0v) is 10.1. The Labute approximate surface area is 113 Å². The summed E-state index contributed by atoms with van der Waals surface area (Å²) < 4.78 is 44.1. The van der Waals surface area contributed by atoms with E-state index in [4.69, 9.17) is 10.00 Å². The highest BCUT2D eigenvalue weighted by Crippen LogP contribution is 2.36. The van der Waals surface area contributed by atoms with Crippen LogP contribution in [0.3, 0.4) is 0 Å². The standard InChI is InChI=1S/C14H9F3N2O/c15-14(16,17)13(11-5-7-19-8-6-11)20-12-3-1-10(9-18)2-4-12/h1-8,13H. The van der Waals surface area contributed by atoms with E-state index < -0.39 is 12.3 Å². The van der Waals surface area contributed by atoms with Crippen LogP contribution in [0.2, 0.25) is 0 Å². The van der Waals surface area contributed by atoms with Crippen molar-refractivity contribution in [2.45, 2.75) is 12.3 Å². The van der Waals surface area contributed by atoms with Gasteiger partial charge in [0.15, 0.2) is 0 Å². The molecule has 0 aliphatic rings. The highest BCUT2D eigenvalue weighted by molar-refractivity contribution is 5.35. The minimum Gasteiger partial charge on any atom is -0.476 e. The molecule has 6 heteroatoms. The SMILES string of the molecule is N#Cc1ccc(OC(c2ccncc2)C(F)(F)F)cc1. The Kier molecular flexibility index (Phi) is 3.89. The molecule has 1 heterocycles. The highest BCUT2D eigenvalue weighted by atomic mass is 19.4. The number of rotatable bonds is 3. The maximum absolute atomic E-state index is 13.0. The van der Waals surface area contributed by atoms with E-state index in [1.807, 2.05) is 6.07 Å². The largest absolute Gasteiger partial charge is 0.476 e.